The van der Waals surface area contributed by atoms with Gasteiger partial charge in [0.25, 0.3) is 5.56 Å². The van der Waals surface area contributed by atoms with Crippen molar-refractivity contribution in [2.45, 2.75) is 32.7 Å². The highest BCUT2D eigenvalue weighted by Gasteiger charge is 2.20. The normalized spacial score (nSPS) is 12.1. The number of aryl methyl sites for hydroxylation is 2. The Labute approximate surface area is 174 Å². The summed E-state index contributed by atoms with van der Waals surface area (Å²) in [6, 6.07) is 17.0. The van der Waals surface area contributed by atoms with Crippen LogP contribution in [0.25, 0.3) is 10.9 Å². The molecule has 152 valence electrons. The van der Waals surface area contributed by atoms with E-state index in [9.17, 15) is 9.59 Å². The Bertz CT molecular complexity index is 1240. The summed E-state index contributed by atoms with van der Waals surface area (Å²) in [5, 5.41) is 4.18. The Morgan fingerprint density at radius 2 is 1.87 bits per heavy atom. The minimum absolute atomic E-state index is 0.108. The largest absolute Gasteiger partial charge is 0.361 e. The molecule has 0 aliphatic rings. The molecule has 2 aromatic heterocycles. The number of H-pyrrole nitrogens is 2. The van der Waals surface area contributed by atoms with Crippen LogP contribution in [0.15, 0.2) is 65.6 Å². The van der Waals surface area contributed by atoms with Gasteiger partial charge in [0.2, 0.25) is 5.91 Å². The Morgan fingerprint density at radius 1 is 1.10 bits per heavy atom. The van der Waals surface area contributed by atoms with E-state index in [1.54, 1.807) is 6.92 Å². The first kappa shape index (κ1) is 19.6. The van der Waals surface area contributed by atoms with Crippen LogP contribution in [0.2, 0.25) is 0 Å². The zero-order chi connectivity index (χ0) is 21.1. The van der Waals surface area contributed by atoms with Gasteiger partial charge in [0.15, 0.2) is 0 Å². The Balaban J connectivity index is 1.62. The fourth-order valence-corrected chi connectivity index (χ4v) is 3.67. The Kier molecular flexibility index (Phi) is 5.48. The molecule has 6 nitrogen and oxygen atoms in total. The van der Waals surface area contributed by atoms with Crippen LogP contribution < -0.4 is 10.9 Å². The first-order chi connectivity index (χ1) is 14.5. The van der Waals surface area contributed by atoms with E-state index in [2.05, 4.69) is 20.3 Å². The Morgan fingerprint density at radius 3 is 2.63 bits per heavy atom. The quantitative estimate of drug-likeness (QED) is 0.463. The third-order valence-corrected chi connectivity index (χ3v) is 5.16. The molecule has 0 unspecified atom stereocenters. The maximum atomic E-state index is 12.8. The van der Waals surface area contributed by atoms with E-state index in [1.807, 2.05) is 61.7 Å². The number of nitrogens with one attached hydrogen (secondary N) is 3. The van der Waals surface area contributed by atoms with Crippen molar-refractivity contribution in [3.05, 3.63) is 99.4 Å². The number of nitrogens with zero attached hydrogens (tertiary/aromatic N) is 1. The summed E-state index contributed by atoms with van der Waals surface area (Å²) >= 11 is 0. The number of aromatic amines is 2. The molecule has 6 heteroatoms. The van der Waals surface area contributed by atoms with Gasteiger partial charge in [0.1, 0.15) is 5.82 Å². The van der Waals surface area contributed by atoms with Crippen LogP contribution in [-0.4, -0.2) is 20.9 Å². The van der Waals surface area contributed by atoms with Gasteiger partial charge in [0.05, 0.1) is 18.2 Å². The van der Waals surface area contributed by atoms with E-state index in [0.717, 1.165) is 27.6 Å². The molecule has 1 atom stereocenters. The van der Waals surface area contributed by atoms with Gasteiger partial charge in [-0.1, -0.05) is 48.0 Å². The number of carbonyl (C=O) groups excluding carboxylic acids is 1. The van der Waals surface area contributed by atoms with Crippen LogP contribution >= 0.6 is 0 Å². The molecular formula is C24H24N4O2. The van der Waals surface area contributed by atoms with Crippen LogP contribution in [0.3, 0.4) is 0 Å². The van der Waals surface area contributed by atoms with E-state index in [-0.39, 0.29) is 17.9 Å². The van der Waals surface area contributed by atoms with Crippen molar-refractivity contribution in [2.75, 3.05) is 0 Å². The summed E-state index contributed by atoms with van der Waals surface area (Å²) in [6.45, 7) is 3.75. The average Bonchev–Trinajstić information content (AvgIpc) is 3.11. The molecule has 0 fully saturated rings. The van der Waals surface area contributed by atoms with Crippen LogP contribution in [0, 0.1) is 13.8 Å². The van der Waals surface area contributed by atoms with Gasteiger partial charge < -0.3 is 15.3 Å². The van der Waals surface area contributed by atoms with Gasteiger partial charge in [-0.05, 0) is 31.0 Å². The number of carbonyl (C=O) groups is 1. The molecule has 30 heavy (non-hydrogen) atoms. The lowest BCUT2D eigenvalue weighted by Gasteiger charge is -2.18. The number of fused-ring (bicyclic) bond motifs is 1. The summed E-state index contributed by atoms with van der Waals surface area (Å²) in [5.74, 6) is 0.414. The van der Waals surface area contributed by atoms with E-state index >= 15 is 0 Å². The van der Waals surface area contributed by atoms with Crippen LogP contribution in [0.5, 0.6) is 0 Å². The molecule has 0 saturated heterocycles. The predicted octanol–water partition coefficient (Wildman–Crippen LogP) is 3.51. The minimum atomic E-state index is -0.414. The summed E-state index contributed by atoms with van der Waals surface area (Å²) in [5.41, 5.74) is 4.52. The number of hydrogen-bond acceptors (Lipinski definition) is 3. The fraction of sp³-hybridized carbons (Fsp3) is 0.208. The summed E-state index contributed by atoms with van der Waals surface area (Å²) < 4.78 is 0. The van der Waals surface area contributed by atoms with Crippen molar-refractivity contribution >= 4 is 16.8 Å². The molecule has 0 radical (unpaired) electrons. The molecule has 0 saturated carbocycles. The molecule has 0 aliphatic carbocycles. The fourth-order valence-electron chi connectivity index (χ4n) is 3.67. The van der Waals surface area contributed by atoms with Crippen molar-refractivity contribution in [1.82, 2.24) is 20.3 Å². The number of aromatic nitrogens is 3. The maximum Gasteiger partial charge on any atom is 0.251 e. The van der Waals surface area contributed by atoms with Crippen LogP contribution in [0.1, 0.15) is 34.3 Å². The molecule has 0 aliphatic heterocycles. The monoisotopic (exact) mass is 400 g/mol. The second kappa shape index (κ2) is 8.37. The van der Waals surface area contributed by atoms with Gasteiger partial charge in [-0.2, -0.15) is 0 Å². The van der Waals surface area contributed by atoms with E-state index in [0.29, 0.717) is 17.9 Å². The molecule has 2 aromatic carbocycles. The number of hydrogen-bond donors (Lipinski definition) is 3. The number of amides is 1. The molecule has 4 rings (SSSR count). The lowest BCUT2D eigenvalue weighted by molar-refractivity contribution is -0.121. The first-order valence-corrected chi connectivity index (χ1v) is 9.96. The number of rotatable bonds is 6. The average molecular weight is 400 g/mol. The zero-order valence-corrected chi connectivity index (χ0v) is 17.0. The molecule has 1 amide bonds. The second-order valence-corrected chi connectivity index (χ2v) is 7.60. The highest BCUT2D eigenvalue weighted by molar-refractivity contribution is 5.83. The molecule has 3 N–H and O–H groups in total. The number of benzene rings is 2. The van der Waals surface area contributed by atoms with Gasteiger partial charge in [-0.25, -0.2) is 4.98 Å². The zero-order valence-electron chi connectivity index (χ0n) is 17.0. The standard InChI is InChI=1S/C24H24N4O2/c1-15-7-9-17(10-8-15)11-23(29)28-21(22-13-24(30)27-16(2)26-22)12-18-14-25-20-6-4-3-5-19(18)20/h3-10,13-14,21,25H,11-12H2,1-2H3,(H,28,29)(H,26,27,30)/t21-/m1/s1. The van der Waals surface area contributed by atoms with E-state index in [4.69, 9.17) is 0 Å². The lowest BCUT2D eigenvalue weighted by atomic mass is 10.0. The van der Waals surface area contributed by atoms with Crippen molar-refractivity contribution < 1.29 is 4.79 Å². The summed E-state index contributed by atoms with van der Waals surface area (Å²) in [7, 11) is 0. The SMILES string of the molecule is Cc1ccc(CC(=O)N[C@H](Cc2c[nH]c3ccccc23)c2cc(=O)[nH]c(C)n2)cc1. The third kappa shape index (κ3) is 4.49. The molecule has 0 spiro atoms. The van der Waals surface area contributed by atoms with Crippen LogP contribution in [-0.2, 0) is 17.6 Å². The summed E-state index contributed by atoms with van der Waals surface area (Å²) in [6.07, 6.45) is 2.75. The smallest absolute Gasteiger partial charge is 0.251 e. The molecule has 0 bridgehead atoms. The number of para-hydroxylation sites is 1. The topological polar surface area (TPSA) is 90.6 Å². The van der Waals surface area contributed by atoms with Gasteiger partial charge >= 0.3 is 0 Å². The third-order valence-electron chi connectivity index (χ3n) is 5.16. The maximum absolute atomic E-state index is 12.8. The van der Waals surface area contributed by atoms with Crippen LogP contribution in [0.4, 0.5) is 0 Å². The molecular weight excluding hydrogens is 376 g/mol. The van der Waals surface area contributed by atoms with Gasteiger partial charge in [0, 0.05) is 29.6 Å². The predicted molar refractivity (Wildman–Crippen MR) is 117 cm³/mol. The van der Waals surface area contributed by atoms with Gasteiger partial charge in [-0.3, -0.25) is 9.59 Å². The molecule has 2 heterocycles. The van der Waals surface area contributed by atoms with Crippen molar-refractivity contribution in [3.63, 3.8) is 0 Å². The molecule has 4 aromatic rings. The minimum Gasteiger partial charge on any atom is -0.361 e. The lowest BCUT2D eigenvalue weighted by Crippen LogP contribution is -2.32. The summed E-state index contributed by atoms with van der Waals surface area (Å²) in [4.78, 5) is 35.3. The first-order valence-electron chi connectivity index (χ1n) is 9.96. The highest BCUT2D eigenvalue weighted by atomic mass is 16.1. The van der Waals surface area contributed by atoms with Crippen molar-refractivity contribution in [3.8, 4) is 0 Å². The van der Waals surface area contributed by atoms with Gasteiger partial charge in [-0.15, -0.1) is 0 Å². The Hall–Kier alpha value is -3.67. The van der Waals surface area contributed by atoms with E-state index < -0.39 is 6.04 Å². The van der Waals surface area contributed by atoms with Crippen molar-refractivity contribution in [2.24, 2.45) is 0 Å². The van der Waals surface area contributed by atoms with Crippen molar-refractivity contribution in [1.29, 1.82) is 0 Å². The van der Waals surface area contributed by atoms with E-state index in [1.165, 1.54) is 6.07 Å². The highest BCUT2D eigenvalue weighted by Crippen LogP contribution is 2.23. The second-order valence-electron chi connectivity index (χ2n) is 7.60.